The topological polar surface area (TPSA) is 63.1 Å². The molecule has 1 aliphatic rings. The fourth-order valence-electron chi connectivity index (χ4n) is 4.16. The predicted octanol–water partition coefficient (Wildman–Crippen LogP) is 4.17. The molecule has 0 bridgehead atoms. The summed E-state index contributed by atoms with van der Waals surface area (Å²) in [4.78, 5) is 24.0. The summed E-state index contributed by atoms with van der Waals surface area (Å²) in [6.07, 6.45) is -0.923. The lowest BCUT2D eigenvalue weighted by atomic mass is 9.89. The Morgan fingerprint density at radius 3 is 2.56 bits per heavy atom. The third-order valence-electron chi connectivity index (χ3n) is 6.20. The third-order valence-corrected chi connectivity index (χ3v) is 6.20. The number of anilines is 1. The number of halogens is 3. The van der Waals surface area contributed by atoms with Crippen LogP contribution in [0.4, 0.5) is 19.0 Å². The van der Waals surface area contributed by atoms with Gasteiger partial charge in [-0.3, -0.25) is 4.79 Å². The number of aromatic nitrogens is 3. The first-order valence-electron chi connectivity index (χ1n) is 10.6. The number of hydrogen-bond acceptors (Lipinski definition) is 5. The number of pyridine rings is 1. The number of hydrogen-bond donors (Lipinski definition) is 1. The van der Waals surface area contributed by atoms with Crippen molar-refractivity contribution in [1.29, 1.82) is 0 Å². The van der Waals surface area contributed by atoms with Crippen molar-refractivity contribution < 1.29 is 13.2 Å². The molecule has 0 radical (unpaired) electrons. The van der Waals surface area contributed by atoms with Gasteiger partial charge in [-0.1, -0.05) is 12.1 Å². The highest BCUT2D eigenvalue weighted by Crippen LogP contribution is 2.31. The number of rotatable bonds is 4. The van der Waals surface area contributed by atoms with Gasteiger partial charge in [-0.05, 0) is 51.4 Å². The van der Waals surface area contributed by atoms with Crippen LogP contribution in [0.2, 0.25) is 0 Å². The molecule has 1 N–H and O–H groups in total. The van der Waals surface area contributed by atoms with Crippen molar-refractivity contribution in [2.24, 2.45) is 0 Å². The number of likely N-dealkylation sites (tertiary alicyclic amines) is 1. The van der Waals surface area contributed by atoms with Crippen LogP contribution in [0.15, 0.2) is 41.3 Å². The van der Waals surface area contributed by atoms with E-state index in [1.54, 1.807) is 23.8 Å². The number of nitrogens with zero attached hydrogens (tertiary/aromatic N) is 4. The van der Waals surface area contributed by atoms with Gasteiger partial charge in [-0.2, -0.15) is 13.2 Å². The highest BCUT2D eigenvalue weighted by Gasteiger charge is 2.32. The van der Waals surface area contributed by atoms with E-state index in [4.69, 9.17) is 0 Å². The van der Waals surface area contributed by atoms with Gasteiger partial charge in [0.25, 0.3) is 5.56 Å². The first-order valence-corrected chi connectivity index (χ1v) is 10.6. The Balaban J connectivity index is 1.69. The highest BCUT2D eigenvalue weighted by molar-refractivity contribution is 5.88. The highest BCUT2D eigenvalue weighted by atomic mass is 19.4. The second-order valence-corrected chi connectivity index (χ2v) is 8.75. The van der Waals surface area contributed by atoms with Crippen LogP contribution in [0.5, 0.6) is 0 Å². The van der Waals surface area contributed by atoms with Crippen LogP contribution in [0.1, 0.15) is 36.7 Å². The molecule has 3 heterocycles. The standard InChI is InChI=1S/C23H26F3N5O/c1-15-28-19-12-20(32)31(22(2)7-9-30(3)10-8-22)14-18(19)21(29-15)27-13-16-5-4-6-17(11-16)23(24,25)26/h4-6,11-12,14H,7-10,13H2,1-3H3,(H,27,28,29). The number of piperidine rings is 1. The lowest BCUT2D eigenvalue weighted by molar-refractivity contribution is -0.137. The van der Waals surface area contributed by atoms with Gasteiger partial charge in [0.2, 0.25) is 0 Å². The molecular formula is C23H26F3N5O. The summed E-state index contributed by atoms with van der Waals surface area (Å²) in [6, 6.07) is 6.71. The molecule has 0 unspecified atom stereocenters. The molecule has 3 aromatic rings. The van der Waals surface area contributed by atoms with Gasteiger partial charge in [0.15, 0.2) is 0 Å². The number of fused-ring (bicyclic) bond motifs is 1. The van der Waals surface area contributed by atoms with Crippen LogP contribution in [-0.4, -0.2) is 39.6 Å². The fraction of sp³-hybridized carbons (Fsp3) is 0.435. The zero-order valence-electron chi connectivity index (χ0n) is 18.3. The van der Waals surface area contributed by atoms with Crippen LogP contribution in [0, 0.1) is 6.92 Å². The van der Waals surface area contributed by atoms with Crippen LogP contribution < -0.4 is 10.9 Å². The van der Waals surface area contributed by atoms with Gasteiger partial charge >= 0.3 is 6.18 Å². The molecule has 9 heteroatoms. The van der Waals surface area contributed by atoms with Gasteiger partial charge in [-0.25, -0.2) is 9.97 Å². The molecule has 32 heavy (non-hydrogen) atoms. The number of aryl methyl sites for hydroxylation is 1. The zero-order chi connectivity index (χ0) is 23.1. The minimum atomic E-state index is -4.40. The fourth-order valence-corrected chi connectivity index (χ4v) is 4.16. The van der Waals surface area contributed by atoms with E-state index >= 15 is 0 Å². The average Bonchev–Trinajstić information content (AvgIpc) is 2.73. The maximum absolute atomic E-state index is 13.0. The Hall–Kier alpha value is -2.94. The van der Waals surface area contributed by atoms with E-state index in [0.29, 0.717) is 28.1 Å². The summed E-state index contributed by atoms with van der Waals surface area (Å²) in [7, 11) is 2.06. The number of alkyl halides is 3. The molecule has 1 fully saturated rings. The molecule has 0 spiro atoms. The van der Waals surface area contributed by atoms with E-state index < -0.39 is 11.7 Å². The first kappa shape index (κ1) is 22.3. The molecule has 0 amide bonds. The Kier molecular flexibility index (Phi) is 5.70. The minimum absolute atomic E-state index is 0.119. The summed E-state index contributed by atoms with van der Waals surface area (Å²) >= 11 is 0. The van der Waals surface area contributed by atoms with Crippen LogP contribution >= 0.6 is 0 Å². The van der Waals surface area contributed by atoms with E-state index in [0.717, 1.165) is 38.1 Å². The van der Waals surface area contributed by atoms with Crippen molar-refractivity contribution >= 4 is 16.7 Å². The second kappa shape index (κ2) is 8.20. The quantitative estimate of drug-likeness (QED) is 0.653. The maximum Gasteiger partial charge on any atom is 0.416 e. The average molecular weight is 445 g/mol. The van der Waals surface area contributed by atoms with E-state index in [1.807, 2.05) is 0 Å². The van der Waals surface area contributed by atoms with Crippen molar-refractivity contribution in [1.82, 2.24) is 19.4 Å². The van der Waals surface area contributed by atoms with Crippen molar-refractivity contribution in [3.8, 4) is 0 Å². The maximum atomic E-state index is 13.0. The molecule has 0 atom stereocenters. The Labute approximate surface area is 184 Å². The molecule has 4 rings (SSSR count). The number of benzene rings is 1. The van der Waals surface area contributed by atoms with Crippen LogP contribution in [-0.2, 0) is 18.3 Å². The number of nitrogens with one attached hydrogen (secondary N) is 1. The molecular weight excluding hydrogens is 419 g/mol. The normalized spacial score (nSPS) is 16.9. The van der Waals surface area contributed by atoms with E-state index in [-0.39, 0.29) is 17.6 Å². The van der Waals surface area contributed by atoms with Gasteiger partial charge in [0, 0.05) is 37.4 Å². The van der Waals surface area contributed by atoms with Gasteiger partial charge in [0.1, 0.15) is 11.6 Å². The second-order valence-electron chi connectivity index (χ2n) is 8.75. The molecule has 0 aliphatic carbocycles. The lowest BCUT2D eigenvalue weighted by Gasteiger charge is -2.39. The van der Waals surface area contributed by atoms with Crippen molar-refractivity contribution in [2.75, 3.05) is 25.5 Å². The lowest BCUT2D eigenvalue weighted by Crippen LogP contribution is -2.46. The molecule has 170 valence electrons. The van der Waals surface area contributed by atoms with E-state index in [9.17, 15) is 18.0 Å². The van der Waals surface area contributed by atoms with E-state index in [2.05, 4.69) is 34.2 Å². The SMILES string of the molecule is Cc1nc(NCc2cccc(C(F)(F)F)c2)c2cn(C3(C)CCN(C)CC3)c(=O)cc2n1. The molecule has 1 saturated heterocycles. The molecule has 0 saturated carbocycles. The Morgan fingerprint density at radius 2 is 1.88 bits per heavy atom. The smallest absolute Gasteiger partial charge is 0.365 e. The summed E-state index contributed by atoms with van der Waals surface area (Å²) in [5.74, 6) is 0.974. The first-order chi connectivity index (χ1) is 15.0. The molecule has 1 aliphatic heterocycles. The largest absolute Gasteiger partial charge is 0.416 e. The van der Waals surface area contributed by atoms with Crippen molar-refractivity contribution in [3.05, 3.63) is 63.8 Å². The zero-order valence-corrected chi connectivity index (χ0v) is 18.3. The predicted molar refractivity (Wildman–Crippen MR) is 118 cm³/mol. The summed E-state index contributed by atoms with van der Waals surface area (Å²) < 4.78 is 40.9. The molecule has 1 aromatic carbocycles. The summed E-state index contributed by atoms with van der Waals surface area (Å²) in [5, 5.41) is 3.82. The van der Waals surface area contributed by atoms with E-state index in [1.165, 1.54) is 12.1 Å². The third kappa shape index (κ3) is 4.48. The summed E-state index contributed by atoms with van der Waals surface area (Å²) in [6.45, 7) is 5.76. The molecule has 6 nitrogen and oxygen atoms in total. The van der Waals surface area contributed by atoms with Crippen LogP contribution in [0.3, 0.4) is 0 Å². The van der Waals surface area contributed by atoms with Gasteiger partial charge in [0.05, 0.1) is 16.5 Å². The van der Waals surface area contributed by atoms with Crippen LogP contribution in [0.25, 0.3) is 10.9 Å². The molecule has 2 aromatic heterocycles. The summed E-state index contributed by atoms with van der Waals surface area (Å²) in [5.41, 5.74) is -0.126. The Bertz CT molecular complexity index is 1200. The Morgan fingerprint density at radius 1 is 1.16 bits per heavy atom. The van der Waals surface area contributed by atoms with Crippen molar-refractivity contribution in [3.63, 3.8) is 0 Å². The van der Waals surface area contributed by atoms with Gasteiger partial charge in [-0.15, -0.1) is 0 Å². The van der Waals surface area contributed by atoms with Crippen molar-refractivity contribution in [2.45, 2.75) is 44.9 Å². The minimum Gasteiger partial charge on any atom is -0.365 e. The monoisotopic (exact) mass is 445 g/mol. The van der Waals surface area contributed by atoms with Gasteiger partial charge < -0.3 is 14.8 Å².